The van der Waals surface area contributed by atoms with Crippen molar-refractivity contribution < 1.29 is 9.13 Å². The molecule has 0 aliphatic rings. The van der Waals surface area contributed by atoms with Gasteiger partial charge in [0, 0.05) is 24.3 Å². The Kier molecular flexibility index (Phi) is 4.70. The van der Waals surface area contributed by atoms with Gasteiger partial charge in [0.2, 0.25) is 11.8 Å². The molecule has 0 fully saturated rings. The molecule has 0 radical (unpaired) electrons. The molecule has 0 spiro atoms. The molecule has 16 heavy (non-hydrogen) atoms. The van der Waals surface area contributed by atoms with Crippen LogP contribution in [0.2, 0.25) is 0 Å². The third kappa shape index (κ3) is 3.87. The van der Waals surface area contributed by atoms with Gasteiger partial charge in [-0.3, -0.25) is 0 Å². The number of hydrogen-bond acceptors (Lipinski definition) is 2. The lowest BCUT2D eigenvalue weighted by Gasteiger charge is -1.95. The van der Waals surface area contributed by atoms with Crippen LogP contribution in [0.5, 0.6) is 0 Å². The van der Waals surface area contributed by atoms with Crippen molar-refractivity contribution in [3.05, 3.63) is 61.2 Å². The summed E-state index contributed by atoms with van der Waals surface area (Å²) in [6.07, 6.45) is 8.35. The van der Waals surface area contributed by atoms with Gasteiger partial charge in [-0.2, -0.15) is 9.13 Å². The van der Waals surface area contributed by atoms with Crippen LogP contribution in [0.3, 0.4) is 0 Å². The number of nitrogens with zero attached hydrogens (tertiary/aromatic N) is 2. The van der Waals surface area contributed by atoms with Crippen LogP contribution in [-0.4, -0.2) is 0 Å². The van der Waals surface area contributed by atoms with Crippen LogP contribution >= 0.6 is 21.6 Å². The van der Waals surface area contributed by atoms with Crippen LogP contribution in [0, 0.1) is 0 Å². The normalized spacial score (nSPS) is 10.2. The molecule has 0 aliphatic heterocycles. The quantitative estimate of drug-likeness (QED) is 0.457. The average molecular weight is 250 g/mol. The number of hydrogen-bond donors (Lipinski definition) is 0. The monoisotopic (exact) mass is 250 g/mol. The van der Waals surface area contributed by atoms with Crippen molar-refractivity contribution in [1.82, 2.24) is 0 Å². The first kappa shape index (κ1) is 11.5. The van der Waals surface area contributed by atoms with E-state index in [1.807, 2.05) is 33.7 Å². The fraction of sp³-hybridized carbons (Fsp3) is 0.167. The Morgan fingerprint density at radius 2 is 0.938 bits per heavy atom. The first-order valence-electron chi connectivity index (χ1n) is 5.08. The number of aromatic nitrogens is 2. The van der Waals surface area contributed by atoms with Gasteiger partial charge in [-0.25, -0.2) is 0 Å². The van der Waals surface area contributed by atoms with Crippen molar-refractivity contribution in [2.75, 3.05) is 0 Å². The summed E-state index contributed by atoms with van der Waals surface area (Å²) in [4.78, 5) is 0. The van der Waals surface area contributed by atoms with E-state index in [-0.39, 0.29) is 0 Å². The Bertz CT molecular complexity index is 364. The number of rotatable bonds is 5. The van der Waals surface area contributed by atoms with Gasteiger partial charge in [0.25, 0.3) is 0 Å². The summed E-state index contributed by atoms with van der Waals surface area (Å²) < 4.78 is 4.35. The number of pyridine rings is 2. The van der Waals surface area contributed by atoms with E-state index in [2.05, 4.69) is 58.2 Å². The van der Waals surface area contributed by atoms with E-state index in [1.165, 1.54) is 0 Å². The molecule has 4 heteroatoms. The lowest BCUT2D eigenvalue weighted by Crippen LogP contribution is -2.31. The molecule has 0 N–H and O–H groups in total. The minimum Gasteiger partial charge on any atom is -0.195 e. The molecule has 2 rings (SSSR count). The predicted molar refractivity (Wildman–Crippen MR) is 68.5 cm³/mol. The molecule has 0 unspecified atom stereocenters. The molecule has 0 saturated carbocycles. The van der Waals surface area contributed by atoms with Crippen molar-refractivity contribution >= 4 is 21.6 Å². The van der Waals surface area contributed by atoms with Crippen molar-refractivity contribution in [3.8, 4) is 0 Å². The molecule has 2 aromatic heterocycles. The molecule has 82 valence electrons. The zero-order valence-electron chi connectivity index (χ0n) is 8.90. The van der Waals surface area contributed by atoms with E-state index in [0.717, 1.165) is 11.8 Å². The summed E-state index contributed by atoms with van der Waals surface area (Å²) in [5.41, 5.74) is 0. The minimum atomic E-state index is 0.985. The van der Waals surface area contributed by atoms with Crippen molar-refractivity contribution in [2.24, 2.45) is 0 Å². The van der Waals surface area contributed by atoms with Gasteiger partial charge in [0.15, 0.2) is 24.8 Å². The Balaban J connectivity index is 1.70. The summed E-state index contributed by atoms with van der Waals surface area (Å²) in [6.45, 7) is 0. The molecule has 0 aliphatic carbocycles. The first-order chi connectivity index (χ1) is 7.95. The predicted octanol–water partition coefficient (Wildman–Crippen LogP) is 2.26. The van der Waals surface area contributed by atoms with E-state index in [0.29, 0.717) is 0 Å². The highest BCUT2D eigenvalue weighted by atomic mass is 33.1. The summed E-state index contributed by atoms with van der Waals surface area (Å²) in [5.74, 6) is 1.97. The second-order valence-electron chi connectivity index (χ2n) is 3.27. The summed E-state index contributed by atoms with van der Waals surface area (Å²) >= 11 is 0. The zero-order chi connectivity index (χ0) is 11.1. The molecule has 0 aromatic carbocycles. The standard InChI is InChI=1S/C12H14N2S2/c1-3-7-13(8-4-1)11-15-16-12-14-9-5-2-6-10-14/h1-10H,11-12H2/q+2. The van der Waals surface area contributed by atoms with Gasteiger partial charge in [-0.05, 0) is 21.6 Å². The van der Waals surface area contributed by atoms with E-state index in [1.54, 1.807) is 0 Å². The molecule has 2 heterocycles. The van der Waals surface area contributed by atoms with Crippen molar-refractivity contribution in [2.45, 2.75) is 11.8 Å². The van der Waals surface area contributed by atoms with E-state index in [4.69, 9.17) is 0 Å². The zero-order valence-corrected chi connectivity index (χ0v) is 10.5. The van der Waals surface area contributed by atoms with Crippen LogP contribution in [0.15, 0.2) is 61.2 Å². The van der Waals surface area contributed by atoms with Gasteiger partial charge in [0.05, 0.1) is 0 Å². The highest BCUT2D eigenvalue weighted by molar-refractivity contribution is 8.75. The Morgan fingerprint density at radius 3 is 1.31 bits per heavy atom. The van der Waals surface area contributed by atoms with Gasteiger partial charge in [-0.1, -0.05) is 12.1 Å². The van der Waals surface area contributed by atoms with E-state index in [9.17, 15) is 0 Å². The van der Waals surface area contributed by atoms with Crippen LogP contribution in [0.1, 0.15) is 0 Å². The maximum atomic E-state index is 2.17. The third-order valence-electron chi connectivity index (χ3n) is 2.04. The second-order valence-corrected chi connectivity index (χ2v) is 5.68. The highest BCUT2D eigenvalue weighted by Gasteiger charge is 2.02. The molecule has 0 bridgehead atoms. The largest absolute Gasteiger partial charge is 0.204 e. The minimum absolute atomic E-state index is 0.985. The summed E-state index contributed by atoms with van der Waals surface area (Å²) in [5, 5.41) is 0. The highest BCUT2D eigenvalue weighted by Crippen LogP contribution is 2.20. The van der Waals surface area contributed by atoms with Crippen LogP contribution in [0.25, 0.3) is 0 Å². The molecule has 0 amide bonds. The van der Waals surface area contributed by atoms with Crippen LogP contribution in [0.4, 0.5) is 0 Å². The molecule has 2 nitrogen and oxygen atoms in total. The molecule has 0 saturated heterocycles. The SMILES string of the molecule is c1cc[n+](CSSC[n+]2ccccc2)cc1. The average Bonchev–Trinajstić information content (AvgIpc) is 2.37. The fourth-order valence-electron chi connectivity index (χ4n) is 1.24. The topological polar surface area (TPSA) is 7.76 Å². The van der Waals surface area contributed by atoms with E-state index >= 15 is 0 Å². The van der Waals surface area contributed by atoms with E-state index < -0.39 is 0 Å². The fourth-order valence-corrected chi connectivity index (χ4v) is 3.15. The maximum Gasteiger partial charge on any atom is 0.204 e. The van der Waals surface area contributed by atoms with Gasteiger partial charge >= 0.3 is 0 Å². The molecule has 2 aromatic rings. The third-order valence-corrected chi connectivity index (χ3v) is 4.15. The summed E-state index contributed by atoms with van der Waals surface area (Å²) in [7, 11) is 3.72. The van der Waals surface area contributed by atoms with Crippen molar-refractivity contribution in [3.63, 3.8) is 0 Å². The summed E-state index contributed by atoms with van der Waals surface area (Å²) in [6, 6.07) is 12.3. The van der Waals surface area contributed by atoms with Gasteiger partial charge in [-0.15, -0.1) is 0 Å². The Morgan fingerprint density at radius 1 is 0.562 bits per heavy atom. The Hall–Kier alpha value is -1.00. The van der Waals surface area contributed by atoms with Crippen LogP contribution < -0.4 is 9.13 Å². The molecular weight excluding hydrogens is 236 g/mol. The smallest absolute Gasteiger partial charge is 0.195 e. The molecule has 0 atom stereocenters. The van der Waals surface area contributed by atoms with Crippen LogP contribution in [-0.2, 0) is 11.8 Å². The first-order valence-corrected chi connectivity index (χ1v) is 7.56. The second kappa shape index (κ2) is 6.55. The maximum absolute atomic E-state index is 2.17. The molecular formula is C12H14N2S2+2. The van der Waals surface area contributed by atoms with Gasteiger partial charge < -0.3 is 0 Å². The van der Waals surface area contributed by atoms with Gasteiger partial charge in [0.1, 0.15) is 0 Å². The van der Waals surface area contributed by atoms with Crippen molar-refractivity contribution in [1.29, 1.82) is 0 Å². The lowest BCUT2D eigenvalue weighted by molar-refractivity contribution is -0.677. The Labute approximate surface area is 104 Å². The lowest BCUT2D eigenvalue weighted by atomic mass is 10.5.